The number of nitrogens with zero attached hydrogens (tertiary/aromatic N) is 4. The van der Waals surface area contributed by atoms with Gasteiger partial charge >= 0.3 is 6.09 Å². The summed E-state index contributed by atoms with van der Waals surface area (Å²) in [6.07, 6.45) is 0.439. The van der Waals surface area contributed by atoms with Gasteiger partial charge in [-0.2, -0.15) is 4.98 Å². The summed E-state index contributed by atoms with van der Waals surface area (Å²) in [7, 11) is 3.60. The molecular weight excluding hydrogens is 460 g/mol. The molecule has 0 spiro atoms. The lowest BCUT2D eigenvalue weighted by Crippen LogP contribution is -2.49. The third kappa shape index (κ3) is 4.92. The Labute approximate surface area is 184 Å². The number of anilines is 1. The molecule has 0 N–H and O–H groups in total. The van der Waals surface area contributed by atoms with E-state index < -0.39 is 5.60 Å². The first-order valence-corrected chi connectivity index (χ1v) is 10.6. The standard InChI is InChI=1S/C20H26BrClN4O3/c1-20(2,3)29-19(27)26-9-8-15(16(26)11-28-5)25(4)17-13-7-6-12(21)10-14(13)23-18(22)24-17/h6-7,10,15-16H,8-9,11H2,1-5H3/t15?,16-/m1/s1. The summed E-state index contributed by atoms with van der Waals surface area (Å²) >= 11 is 9.67. The fraction of sp³-hybridized carbons (Fsp3) is 0.550. The van der Waals surface area contributed by atoms with Gasteiger partial charge in [0.2, 0.25) is 5.28 Å². The lowest BCUT2D eigenvalue weighted by Gasteiger charge is -2.34. The van der Waals surface area contributed by atoms with Gasteiger partial charge in [-0.1, -0.05) is 15.9 Å². The highest BCUT2D eigenvalue weighted by molar-refractivity contribution is 9.10. The number of carbonyl (C=O) groups excluding carboxylic acids is 1. The topological polar surface area (TPSA) is 67.8 Å². The van der Waals surface area contributed by atoms with Crippen LogP contribution in [0.3, 0.4) is 0 Å². The number of amides is 1. The minimum Gasteiger partial charge on any atom is -0.444 e. The average Bonchev–Trinajstić information content (AvgIpc) is 3.02. The maximum Gasteiger partial charge on any atom is 0.410 e. The molecule has 29 heavy (non-hydrogen) atoms. The largest absolute Gasteiger partial charge is 0.444 e. The first kappa shape index (κ1) is 22.1. The second-order valence-corrected chi connectivity index (χ2v) is 9.39. The van der Waals surface area contributed by atoms with Gasteiger partial charge < -0.3 is 19.3 Å². The highest BCUT2D eigenvalue weighted by Gasteiger charge is 2.41. The number of likely N-dealkylation sites (N-methyl/N-ethyl adjacent to an activating group) is 1. The van der Waals surface area contributed by atoms with Gasteiger partial charge in [0.05, 0.1) is 24.2 Å². The summed E-state index contributed by atoms with van der Waals surface area (Å²) in [4.78, 5) is 25.4. The maximum atomic E-state index is 12.7. The quantitative estimate of drug-likeness (QED) is 0.594. The molecule has 2 atom stereocenters. The smallest absolute Gasteiger partial charge is 0.410 e. The van der Waals surface area contributed by atoms with Crippen LogP contribution in [0.5, 0.6) is 0 Å². The zero-order valence-electron chi connectivity index (χ0n) is 17.3. The Morgan fingerprint density at radius 2 is 2.10 bits per heavy atom. The fourth-order valence-electron chi connectivity index (χ4n) is 3.69. The van der Waals surface area contributed by atoms with Gasteiger partial charge in [-0.3, -0.25) is 0 Å². The summed E-state index contributed by atoms with van der Waals surface area (Å²) in [5, 5.41) is 1.08. The molecule has 1 aliphatic heterocycles. The molecule has 1 saturated heterocycles. The molecule has 2 heterocycles. The summed E-state index contributed by atoms with van der Waals surface area (Å²) < 4.78 is 12.0. The molecule has 0 radical (unpaired) electrons. The Hall–Kier alpha value is -1.64. The third-order valence-corrected chi connectivity index (χ3v) is 5.58. The molecule has 0 aliphatic carbocycles. The number of benzene rings is 1. The molecule has 1 aliphatic rings. The van der Waals surface area contributed by atoms with Gasteiger partial charge in [-0.05, 0) is 57.0 Å². The maximum absolute atomic E-state index is 12.7. The van der Waals surface area contributed by atoms with E-state index in [4.69, 9.17) is 21.1 Å². The number of methoxy groups -OCH3 is 1. The lowest BCUT2D eigenvalue weighted by molar-refractivity contribution is 0.0136. The molecular formula is C20H26BrClN4O3. The molecule has 2 aromatic rings. The number of likely N-dealkylation sites (tertiary alicyclic amines) is 1. The molecule has 1 amide bonds. The molecule has 0 bridgehead atoms. The summed E-state index contributed by atoms with van der Waals surface area (Å²) in [6, 6.07) is 5.66. The van der Waals surface area contributed by atoms with E-state index >= 15 is 0 Å². The predicted molar refractivity (Wildman–Crippen MR) is 118 cm³/mol. The zero-order chi connectivity index (χ0) is 21.3. The van der Waals surface area contributed by atoms with Gasteiger partial charge in [-0.15, -0.1) is 0 Å². The van der Waals surface area contributed by atoms with Gasteiger partial charge in [0, 0.05) is 30.6 Å². The number of aromatic nitrogens is 2. The van der Waals surface area contributed by atoms with Crippen LogP contribution in [0.2, 0.25) is 5.28 Å². The van der Waals surface area contributed by atoms with Crippen LogP contribution < -0.4 is 4.90 Å². The third-order valence-electron chi connectivity index (χ3n) is 4.92. The Morgan fingerprint density at radius 1 is 1.38 bits per heavy atom. The van der Waals surface area contributed by atoms with Crippen molar-refractivity contribution in [2.45, 2.75) is 44.9 Å². The van der Waals surface area contributed by atoms with Crippen molar-refractivity contribution >= 4 is 50.3 Å². The number of carbonyl (C=O) groups is 1. The minimum atomic E-state index is -0.553. The molecule has 1 aromatic carbocycles. The van der Waals surface area contributed by atoms with Crippen LogP contribution in [0.1, 0.15) is 27.2 Å². The molecule has 1 aromatic heterocycles. The summed E-state index contributed by atoms with van der Waals surface area (Å²) in [6.45, 7) is 6.58. The van der Waals surface area contributed by atoms with E-state index in [0.717, 1.165) is 27.6 Å². The van der Waals surface area contributed by atoms with Crippen molar-refractivity contribution in [2.24, 2.45) is 0 Å². The van der Waals surface area contributed by atoms with Gasteiger partial charge in [0.25, 0.3) is 0 Å². The number of fused-ring (bicyclic) bond motifs is 1. The molecule has 9 heteroatoms. The Kier molecular flexibility index (Phi) is 6.55. The van der Waals surface area contributed by atoms with Crippen molar-refractivity contribution in [3.05, 3.63) is 28.0 Å². The van der Waals surface area contributed by atoms with E-state index in [1.807, 2.05) is 46.0 Å². The van der Waals surface area contributed by atoms with Crippen LogP contribution in [-0.4, -0.2) is 66.0 Å². The van der Waals surface area contributed by atoms with E-state index in [1.54, 1.807) is 12.0 Å². The molecule has 1 unspecified atom stereocenters. The number of ether oxygens (including phenoxy) is 2. The number of hydrogen-bond acceptors (Lipinski definition) is 6. The van der Waals surface area contributed by atoms with Crippen LogP contribution in [0.4, 0.5) is 10.6 Å². The molecule has 158 valence electrons. The van der Waals surface area contributed by atoms with Crippen LogP contribution in [0.15, 0.2) is 22.7 Å². The van der Waals surface area contributed by atoms with Crippen LogP contribution >= 0.6 is 27.5 Å². The highest BCUT2D eigenvalue weighted by Crippen LogP contribution is 2.32. The van der Waals surface area contributed by atoms with Gasteiger partial charge in [0.1, 0.15) is 11.4 Å². The van der Waals surface area contributed by atoms with Crippen molar-refractivity contribution in [2.75, 3.05) is 32.2 Å². The van der Waals surface area contributed by atoms with Crippen molar-refractivity contribution in [3.63, 3.8) is 0 Å². The van der Waals surface area contributed by atoms with Gasteiger partial charge in [-0.25, -0.2) is 9.78 Å². The summed E-state index contributed by atoms with van der Waals surface area (Å²) in [5.41, 5.74) is 0.203. The molecule has 3 rings (SSSR count). The van der Waals surface area contributed by atoms with E-state index in [9.17, 15) is 4.79 Å². The van der Waals surface area contributed by atoms with E-state index in [0.29, 0.717) is 13.2 Å². The predicted octanol–water partition coefficient (Wildman–Crippen LogP) is 4.51. The number of hydrogen-bond donors (Lipinski definition) is 0. The first-order valence-electron chi connectivity index (χ1n) is 9.45. The molecule has 1 fully saturated rings. The number of rotatable bonds is 4. The first-order chi connectivity index (χ1) is 13.6. The second kappa shape index (κ2) is 8.62. The van der Waals surface area contributed by atoms with Crippen LogP contribution in [-0.2, 0) is 9.47 Å². The summed E-state index contributed by atoms with van der Waals surface area (Å²) in [5.74, 6) is 0.727. The molecule has 7 nitrogen and oxygen atoms in total. The van der Waals surface area contributed by atoms with Crippen molar-refractivity contribution in [3.8, 4) is 0 Å². The van der Waals surface area contributed by atoms with E-state index in [1.165, 1.54) is 0 Å². The Balaban J connectivity index is 1.93. The van der Waals surface area contributed by atoms with Crippen molar-refractivity contribution in [1.29, 1.82) is 0 Å². The van der Waals surface area contributed by atoms with Crippen molar-refractivity contribution in [1.82, 2.24) is 14.9 Å². The van der Waals surface area contributed by atoms with E-state index in [2.05, 4.69) is 30.8 Å². The molecule has 0 saturated carbocycles. The van der Waals surface area contributed by atoms with Gasteiger partial charge in [0.15, 0.2) is 0 Å². The van der Waals surface area contributed by atoms with E-state index in [-0.39, 0.29) is 23.5 Å². The number of halogens is 2. The SMILES string of the molecule is COC[C@@H]1C(N(C)c2nc(Cl)nc3cc(Br)ccc23)CCN1C(=O)OC(C)(C)C. The Morgan fingerprint density at radius 3 is 2.76 bits per heavy atom. The zero-order valence-corrected chi connectivity index (χ0v) is 19.6. The highest BCUT2D eigenvalue weighted by atomic mass is 79.9. The second-order valence-electron chi connectivity index (χ2n) is 8.14. The fourth-order valence-corrected chi connectivity index (χ4v) is 4.21. The van der Waals surface area contributed by atoms with Crippen LogP contribution in [0.25, 0.3) is 10.9 Å². The normalized spacial score (nSPS) is 19.6. The van der Waals surface area contributed by atoms with Crippen molar-refractivity contribution < 1.29 is 14.3 Å². The Bertz CT molecular complexity index is 900. The average molecular weight is 486 g/mol. The van der Waals surface area contributed by atoms with Crippen LogP contribution in [0, 0.1) is 0 Å². The lowest BCUT2D eigenvalue weighted by atomic mass is 10.1. The minimum absolute atomic E-state index is 0.000261. The monoisotopic (exact) mass is 484 g/mol.